The zero-order chi connectivity index (χ0) is 17.0. The van der Waals surface area contributed by atoms with Crippen LogP contribution in [0.3, 0.4) is 0 Å². The van der Waals surface area contributed by atoms with Crippen LogP contribution in [0, 0.1) is 0 Å². The second kappa shape index (κ2) is 6.83. The molecule has 6 heteroatoms. The quantitative estimate of drug-likeness (QED) is 0.846. The van der Waals surface area contributed by atoms with Gasteiger partial charge in [0.2, 0.25) is 10.0 Å². The predicted molar refractivity (Wildman–Crippen MR) is 93.5 cm³/mol. The van der Waals surface area contributed by atoms with Crippen LogP contribution in [0.15, 0.2) is 54.6 Å². The Hall–Kier alpha value is -2.34. The van der Waals surface area contributed by atoms with Gasteiger partial charge in [0, 0.05) is 25.3 Å². The number of rotatable bonds is 5. The SMILES string of the molecule is CCS(=O)(=O)N(C)c1ccc(C(=O)N(C)c2ccccc2)cc1. The highest BCUT2D eigenvalue weighted by molar-refractivity contribution is 7.92. The number of hydrogen-bond acceptors (Lipinski definition) is 3. The molecule has 0 aliphatic rings. The first-order valence-corrected chi connectivity index (χ1v) is 8.87. The van der Waals surface area contributed by atoms with Gasteiger partial charge >= 0.3 is 0 Å². The molecule has 0 unspecified atom stereocenters. The minimum absolute atomic E-state index is 0.0287. The summed E-state index contributed by atoms with van der Waals surface area (Å²) in [5, 5.41) is 0. The number of amides is 1. The van der Waals surface area contributed by atoms with Gasteiger partial charge in [-0.25, -0.2) is 8.42 Å². The Bertz CT molecular complexity index is 771. The van der Waals surface area contributed by atoms with Crippen LogP contribution in [0.2, 0.25) is 0 Å². The van der Waals surface area contributed by atoms with Gasteiger partial charge in [0.05, 0.1) is 11.4 Å². The van der Waals surface area contributed by atoms with Crippen molar-refractivity contribution in [1.82, 2.24) is 0 Å². The minimum atomic E-state index is -3.31. The largest absolute Gasteiger partial charge is 0.311 e. The molecule has 0 aromatic heterocycles. The zero-order valence-corrected chi connectivity index (χ0v) is 14.2. The van der Waals surface area contributed by atoms with E-state index in [1.54, 1.807) is 43.1 Å². The topological polar surface area (TPSA) is 57.7 Å². The molecule has 2 aromatic rings. The molecule has 0 atom stereocenters. The standard InChI is InChI=1S/C17H20N2O3S/c1-4-23(21,22)19(3)16-12-10-14(11-13-16)17(20)18(2)15-8-6-5-7-9-15/h5-13H,4H2,1-3H3. The summed E-state index contributed by atoms with van der Waals surface area (Å²) in [5.74, 6) is -0.121. The summed E-state index contributed by atoms with van der Waals surface area (Å²) in [6.45, 7) is 1.60. The maximum Gasteiger partial charge on any atom is 0.258 e. The van der Waals surface area contributed by atoms with E-state index in [1.807, 2.05) is 30.3 Å². The van der Waals surface area contributed by atoms with E-state index >= 15 is 0 Å². The molecule has 0 saturated heterocycles. The zero-order valence-electron chi connectivity index (χ0n) is 13.4. The van der Waals surface area contributed by atoms with E-state index in [9.17, 15) is 13.2 Å². The van der Waals surface area contributed by atoms with Gasteiger partial charge in [-0.3, -0.25) is 9.10 Å². The first-order valence-electron chi connectivity index (χ1n) is 7.26. The highest BCUT2D eigenvalue weighted by Gasteiger charge is 2.17. The lowest BCUT2D eigenvalue weighted by molar-refractivity contribution is 0.0993. The fourth-order valence-electron chi connectivity index (χ4n) is 2.13. The van der Waals surface area contributed by atoms with E-state index < -0.39 is 10.0 Å². The van der Waals surface area contributed by atoms with E-state index in [2.05, 4.69) is 0 Å². The summed E-state index contributed by atoms with van der Waals surface area (Å²) in [6, 6.07) is 15.9. The maximum absolute atomic E-state index is 12.5. The summed E-state index contributed by atoms with van der Waals surface area (Å²) in [7, 11) is -0.0924. The van der Waals surface area contributed by atoms with E-state index in [0.717, 1.165) is 5.69 Å². The van der Waals surface area contributed by atoms with Crippen LogP contribution in [0.4, 0.5) is 11.4 Å². The van der Waals surface area contributed by atoms with Crippen molar-refractivity contribution in [2.45, 2.75) is 6.92 Å². The number of benzene rings is 2. The molecule has 0 spiro atoms. The van der Waals surface area contributed by atoms with E-state index in [-0.39, 0.29) is 11.7 Å². The van der Waals surface area contributed by atoms with Gasteiger partial charge in [0.1, 0.15) is 0 Å². The van der Waals surface area contributed by atoms with E-state index in [1.165, 1.54) is 11.4 Å². The van der Waals surface area contributed by atoms with Crippen LogP contribution in [0.1, 0.15) is 17.3 Å². The molecule has 0 aliphatic carbocycles. The third-order valence-corrected chi connectivity index (χ3v) is 5.48. The third-order valence-electron chi connectivity index (χ3n) is 3.71. The highest BCUT2D eigenvalue weighted by atomic mass is 32.2. The molecule has 0 fully saturated rings. The van der Waals surface area contributed by atoms with E-state index in [4.69, 9.17) is 0 Å². The number of carbonyl (C=O) groups is 1. The van der Waals surface area contributed by atoms with Gasteiger partial charge < -0.3 is 4.90 Å². The third kappa shape index (κ3) is 3.71. The summed E-state index contributed by atoms with van der Waals surface area (Å²) < 4.78 is 24.9. The molecule has 2 aromatic carbocycles. The molecule has 2 rings (SSSR count). The number of hydrogen-bond donors (Lipinski definition) is 0. The van der Waals surface area contributed by atoms with Crippen molar-refractivity contribution < 1.29 is 13.2 Å². The van der Waals surface area contributed by atoms with Crippen LogP contribution in [0.5, 0.6) is 0 Å². The molecule has 0 bridgehead atoms. The number of para-hydroxylation sites is 1. The smallest absolute Gasteiger partial charge is 0.258 e. The van der Waals surface area contributed by atoms with Crippen molar-refractivity contribution >= 4 is 27.3 Å². The Kier molecular flexibility index (Phi) is 5.05. The van der Waals surface area contributed by atoms with Crippen molar-refractivity contribution in [3.63, 3.8) is 0 Å². The summed E-state index contributed by atoms with van der Waals surface area (Å²) in [5.41, 5.74) is 1.83. The van der Waals surface area contributed by atoms with Crippen LogP contribution in [-0.2, 0) is 10.0 Å². The van der Waals surface area contributed by atoms with Crippen LogP contribution in [-0.4, -0.2) is 34.2 Å². The first-order chi connectivity index (χ1) is 10.9. The lowest BCUT2D eigenvalue weighted by Gasteiger charge is -2.20. The number of nitrogens with zero attached hydrogens (tertiary/aromatic N) is 2. The maximum atomic E-state index is 12.5. The molecule has 0 radical (unpaired) electrons. The second-order valence-corrected chi connectivity index (χ2v) is 7.40. The van der Waals surface area contributed by atoms with Crippen LogP contribution >= 0.6 is 0 Å². The summed E-state index contributed by atoms with van der Waals surface area (Å²) in [4.78, 5) is 14.0. The summed E-state index contributed by atoms with van der Waals surface area (Å²) in [6.07, 6.45) is 0. The number of sulfonamides is 1. The fraction of sp³-hybridized carbons (Fsp3) is 0.235. The normalized spacial score (nSPS) is 11.1. The molecular weight excluding hydrogens is 312 g/mol. The first kappa shape index (κ1) is 17.0. The second-order valence-electron chi connectivity index (χ2n) is 5.11. The van der Waals surface area contributed by atoms with Crippen LogP contribution < -0.4 is 9.21 Å². The van der Waals surface area contributed by atoms with Crippen molar-refractivity contribution in [3.8, 4) is 0 Å². The summed E-state index contributed by atoms with van der Waals surface area (Å²) >= 11 is 0. The molecule has 0 aliphatic heterocycles. The Labute approximate surface area is 137 Å². The fourth-order valence-corrected chi connectivity index (χ4v) is 2.96. The van der Waals surface area contributed by atoms with E-state index in [0.29, 0.717) is 11.3 Å². The molecule has 122 valence electrons. The molecule has 0 saturated carbocycles. The van der Waals surface area contributed by atoms with Gasteiger partial charge in [-0.05, 0) is 43.3 Å². The molecular formula is C17H20N2O3S. The number of carbonyl (C=O) groups excluding carboxylic acids is 1. The Morgan fingerprint density at radius 1 is 0.913 bits per heavy atom. The lowest BCUT2D eigenvalue weighted by atomic mass is 10.1. The van der Waals surface area contributed by atoms with Gasteiger partial charge in [-0.1, -0.05) is 18.2 Å². The van der Waals surface area contributed by atoms with Gasteiger partial charge in [-0.15, -0.1) is 0 Å². The highest BCUT2D eigenvalue weighted by Crippen LogP contribution is 2.20. The lowest BCUT2D eigenvalue weighted by Crippen LogP contribution is -2.28. The Balaban J connectivity index is 2.21. The number of anilines is 2. The Morgan fingerprint density at radius 3 is 2.00 bits per heavy atom. The average molecular weight is 332 g/mol. The monoisotopic (exact) mass is 332 g/mol. The van der Waals surface area contributed by atoms with Crippen LogP contribution in [0.25, 0.3) is 0 Å². The van der Waals surface area contributed by atoms with Gasteiger partial charge in [0.15, 0.2) is 0 Å². The van der Waals surface area contributed by atoms with Crippen molar-refractivity contribution in [2.75, 3.05) is 29.1 Å². The molecule has 1 amide bonds. The predicted octanol–water partition coefficient (Wildman–Crippen LogP) is 2.75. The van der Waals surface area contributed by atoms with Crippen molar-refractivity contribution in [1.29, 1.82) is 0 Å². The average Bonchev–Trinajstić information content (AvgIpc) is 2.60. The molecule has 5 nitrogen and oxygen atoms in total. The Morgan fingerprint density at radius 2 is 1.48 bits per heavy atom. The minimum Gasteiger partial charge on any atom is -0.311 e. The molecule has 0 N–H and O–H groups in total. The van der Waals surface area contributed by atoms with Crippen molar-refractivity contribution in [3.05, 3.63) is 60.2 Å². The molecule has 23 heavy (non-hydrogen) atoms. The van der Waals surface area contributed by atoms with Gasteiger partial charge in [-0.2, -0.15) is 0 Å². The van der Waals surface area contributed by atoms with Crippen molar-refractivity contribution in [2.24, 2.45) is 0 Å². The molecule has 0 heterocycles. The van der Waals surface area contributed by atoms with Gasteiger partial charge in [0.25, 0.3) is 5.91 Å².